The van der Waals surface area contributed by atoms with Gasteiger partial charge in [-0.3, -0.25) is 4.79 Å². The molecule has 0 bridgehead atoms. The SMILES string of the molecule is COC(=O)c1sc(C#CC(C)(C)C)cc1N1C(=O)COC[C@H]1C. The zero-order chi connectivity index (χ0) is 17.2. The number of morpholine rings is 1. The van der Waals surface area contributed by atoms with Crippen molar-refractivity contribution < 1.29 is 19.1 Å². The first-order valence-electron chi connectivity index (χ1n) is 7.38. The van der Waals surface area contributed by atoms with E-state index in [2.05, 4.69) is 11.8 Å². The molecule has 0 N–H and O–H groups in total. The standard InChI is InChI=1S/C17H21NO4S/c1-11-9-22-10-14(19)18(11)13-8-12(6-7-17(2,3)4)23-15(13)16(20)21-5/h8,11H,9-10H2,1-5H3/t11-/m1/s1. The van der Waals surface area contributed by atoms with Crippen LogP contribution in [0, 0.1) is 17.3 Å². The number of carbonyl (C=O) groups is 2. The van der Waals surface area contributed by atoms with E-state index in [4.69, 9.17) is 9.47 Å². The fraction of sp³-hybridized carbons (Fsp3) is 0.529. The third-order valence-corrected chi connectivity index (χ3v) is 4.22. The molecule has 1 saturated heterocycles. The van der Waals surface area contributed by atoms with Crippen LogP contribution in [0.25, 0.3) is 0 Å². The Morgan fingerprint density at radius 1 is 1.48 bits per heavy atom. The van der Waals surface area contributed by atoms with Gasteiger partial charge in [0.05, 0.1) is 30.3 Å². The van der Waals surface area contributed by atoms with E-state index in [1.807, 2.05) is 27.7 Å². The van der Waals surface area contributed by atoms with Crippen LogP contribution in [0.1, 0.15) is 42.2 Å². The van der Waals surface area contributed by atoms with Crippen molar-refractivity contribution in [3.63, 3.8) is 0 Å². The first kappa shape index (κ1) is 17.5. The molecule has 0 saturated carbocycles. The molecule has 0 radical (unpaired) electrons. The quantitative estimate of drug-likeness (QED) is 0.616. The minimum absolute atomic E-state index is 0.0177. The van der Waals surface area contributed by atoms with E-state index in [-0.39, 0.29) is 24.0 Å². The Kier molecular flexibility index (Phi) is 5.12. The van der Waals surface area contributed by atoms with Crippen LogP contribution in [-0.4, -0.2) is 38.2 Å². The molecular weight excluding hydrogens is 314 g/mol. The van der Waals surface area contributed by atoms with Crippen LogP contribution in [0.4, 0.5) is 5.69 Å². The molecule has 1 aliphatic rings. The summed E-state index contributed by atoms with van der Waals surface area (Å²) in [6, 6.07) is 1.65. The third-order valence-electron chi connectivity index (χ3n) is 3.20. The number of methoxy groups -OCH3 is 1. The molecular formula is C17H21NO4S. The largest absolute Gasteiger partial charge is 0.465 e. The van der Waals surface area contributed by atoms with Crippen molar-refractivity contribution in [3.05, 3.63) is 15.8 Å². The molecule has 1 aliphatic heterocycles. The molecule has 124 valence electrons. The van der Waals surface area contributed by atoms with Crippen LogP contribution in [0.5, 0.6) is 0 Å². The topological polar surface area (TPSA) is 55.8 Å². The van der Waals surface area contributed by atoms with Crippen LogP contribution in [0.15, 0.2) is 6.07 Å². The molecule has 2 rings (SSSR count). The molecule has 5 nitrogen and oxygen atoms in total. The zero-order valence-corrected chi connectivity index (χ0v) is 14.9. The summed E-state index contributed by atoms with van der Waals surface area (Å²) < 4.78 is 10.1. The second-order valence-electron chi connectivity index (χ2n) is 6.44. The van der Waals surface area contributed by atoms with Gasteiger partial charge in [-0.25, -0.2) is 4.79 Å². The highest BCUT2D eigenvalue weighted by Gasteiger charge is 2.32. The Hall–Kier alpha value is -1.84. The van der Waals surface area contributed by atoms with E-state index in [1.54, 1.807) is 11.0 Å². The Morgan fingerprint density at radius 2 is 2.17 bits per heavy atom. The van der Waals surface area contributed by atoms with Gasteiger partial charge in [-0.15, -0.1) is 11.3 Å². The molecule has 1 aromatic rings. The van der Waals surface area contributed by atoms with E-state index in [1.165, 1.54) is 18.4 Å². The van der Waals surface area contributed by atoms with Gasteiger partial charge in [0.15, 0.2) is 0 Å². The highest BCUT2D eigenvalue weighted by Crippen LogP contribution is 2.33. The van der Waals surface area contributed by atoms with Crippen LogP contribution in [-0.2, 0) is 14.3 Å². The highest BCUT2D eigenvalue weighted by molar-refractivity contribution is 7.15. The summed E-state index contributed by atoms with van der Waals surface area (Å²) in [5.41, 5.74) is 0.415. The Morgan fingerprint density at radius 3 is 2.74 bits per heavy atom. The van der Waals surface area contributed by atoms with Crippen LogP contribution < -0.4 is 4.90 Å². The summed E-state index contributed by atoms with van der Waals surface area (Å²) in [6.07, 6.45) is 0. The number of anilines is 1. The number of esters is 1. The predicted molar refractivity (Wildman–Crippen MR) is 89.8 cm³/mol. The molecule has 1 amide bonds. The Balaban J connectivity index is 2.48. The lowest BCUT2D eigenvalue weighted by atomic mass is 9.98. The number of thiophene rings is 1. The predicted octanol–water partition coefficient (Wildman–Crippen LogP) is 2.68. The smallest absolute Gasteiger partial charge is 0.350 e. The second-order valence-corrected chi connectivity index (χ2v) is 7.50. The first-order valence-corrected chi connectivity index (χ1v) is 8.19. The maximum Gasteiger partial charge on any atom is 0.350 e. The average Bonchev–Trinajstić information content (AvgIpc) is 2.87. The normalized spacial score (nSPS) is 18.4. The number of nitrogens with zero attached hydrogens (tertiary/aromatic N) is 1. The molecule has 0 aliphatic carbocycles. The van der Waals surface area contributed by atoms with Crippen molar-refractivity contribution in [3.8, 4) is 11.8 Å². The van der Waals surface area contributed by atoms with Crippen molar-refractivity contribution in [1.29, 1.82) is 0 Å². The van der Waals surface area contributed by atoms with Gasteiger partial charge < -0.3 is 14.4 Å². The summed E-state index contributed by atoms with van der Waals surface area (Å²) in [7, 11) is 1.33. The summed E-state index contributed by atoms with van der Waals surface area (Å²) in [5, 5.41) is 0. The summed E-state index contributed by atoms with van der Waals surface area (Å²) in [6.45, 7) is 8.39. The number of amides is 1. The molecule has 1 atom stereocenters. The molecule has 1 aromatic heterocycles. The lowest BCUT2D eigenvalue weighted by molar-refractivity contribution is -0.127. The lowest BCUT2D eigenvalue weighted by Crippen LogP contribution is -2.48. The first-order chi connectivity index (χ1) is 10.7. The number of carbonyl (C=O) groups excluding carboxylic acids is 2. The van der Waals surface area contributed by atoms with Crippen molar-refractivity contribution in [1.82, 2.24) is 0 Å². The number of ether oxygens (including phenoxy) is 2. The molecule has 1 fully saturated rings. The Bertz CT molecular complexity index is 675. The van der Waals surface area contributed by atoms with Gasteiger partial charge in [0.1, 0.15) is 11.5 Å². The molecule has 0 unspecified atom stereocenters. The Labute approximate surface area is 140 Å². The molecule has 2 heterocycles. The minimum Gasteiger partial charge on any atom is -0.465 e. The van der Waals surface area contributed by atoms with Gasteiger partial charge >= 0.3 is 5.97 Å². The van der Waals surface area contributed by atoms with Gasteiger partial charge in [0.25, 0.3) is 5.91 Å². The number of rotatable bonds is 2. The monoisotopic (exact) mass is 335 g/mol. The van der Waals surface area contributed by atoms with Crippen LogP contribution in [0.3, 0.4) is 0 Å². The zero-order valence-electron chi connectivity index (χ0n) is 14.1. The maximum absolute atomic E-state index is 12.2. The summed E-state index contributed by atoms with van der Waals surface area (Å²) >= 11 is 1.25. The third kappa shape index (κ3) is 4.12. The van der Waals surface area contributed by atoms with E-state index in [0.717, 1.165) is 4.88 Å². The molecule has 0 aromatic carbocycles. The molecule has 23 heavy (non-hydrogen) atoms. The molecule has 6 heteroatoms. The second kappa shape index (κ2) is 6.73. The van der Waals surface area contributed by atoms with Crippen molar-refractivity contribution >= 4 is 28.9 Å². The van der Waals surface area contributed by atoms with Crippen molar-refractivity contribution in [2.75, 3.05) is 25.2 Å². The maximum atomic E-state index is 12.2. The molecule has 0 spiro atoms. The van der Waals surface area contributed by atoms with E-state index in [0.29, 0.717) is 17.2 Å². The van der Waals surface area contributed by atoms with Crippen LogP contribution in [0.2, 0.25) is 0 Å². The van der Waals surface area contributed by atoms with Crippen molar-refractivity contribution in [2.24, 2.45) is 5.41 Å². The number of hydrogen-bond acceptors (Lipinski definition) is 5. The van der Waals surface area contributed by atoms with Crippen molar-refractivity contribution in [2.45, 2.75) is 33.7 Å². The van der Waals surface area contributed by atoms with Gasteiger partial charge in [-0.2, -0.15) is 0 Å². The highest BCUT2D eigenvalue weighted by atomic mass is 32.1. The fourth-order valence-corrected chi connectivity index (χ4v) is 3.11. The lowest BCUT2D eigenvalue weighted by Gasteiger charge is -2.32. The summed E-state index contributed by atoms with van der Waals surface area (Å²) in [5.74, 6) is 5.60. The van der Waals surface area contributed by atoms with Gasteiger partial charge in [0.2, 0.25) is 0 Å². The van der Waals surface area contributed by atoms with Gasteiger partial charge in [-0.05, 0) is 33.8 Å². The van der Waals surface area contributed by atoms with Crippen LogP contribution >= 0.6 is 11.3 Å². The fourth-order valence-electron chi connectivity index (χ4n) is 2.19. The number of hydrogen-bond donors (Lipinski definition) is 0. The van der Waals surface area contributed by atoms with E-state index < -0.39 is 5.97 Å². The van der Waals surface area contributed by atoms with Gasteiger partial charge in [0, 0.05) is 5.41 Å². The summed E-state index contributed by atoms with van der Waals surface area (Å²) in [4.78, 5) is 27.0. The van der Waals surface area contributed by atoms with E-state index in [9.17, 15) is 9.59 Å². The average molecular weight is 335 g/mol. The van der Waals surface area contributed by atoms with E-state index >= 15 is 0 Å². The minimum atomic E-state index is -0.458. The van der Waals surface area contributed by atoms with Gasteiger partial charge in [-0.1, -0.05) is 11.8 Å².